The summed E-state index contributed by atoms with van der Waals surface area (Å²) in [5.74, 6) is -0.467. The first kappa shape index (κ1) is 24.0. The van der Waals surface area contributed by atoms with Crippen molar-refractivity contribution in [3.05, 3.63) is 84.2 Å². The molecule has 0 fully saturated rings. The van der Waals surface area contributed by atoms with Gasteiger partial charge in [0.25, 0.3) is 10.0 Å². The molecule has 0 aliphatic carbocycles. The SMILES string of the molecule is Cc1ccc(NC(=O)CCCn2nnc(-c3ccccc3)n2)cc1S(=O)(=O)Nc1ccccc1F. The van der Waals surface area contributed by atoms with Gasteiger partial charge in [0.15, 0.2) is 0 Å². The average Bonchev–Trinajstić information content (AvgIpc) is 3.31. The molecule has 3 aromatic carbocycles. The number of benzene rings is 3. The Labute approximate surface area is 202 Å². The predicted octanol–water partition coefficient (Wildman–Crippen LogP) is 4.01. The van der Waals surface area contributed by atoms with E-state index in [0.29, 0.717) is 30.0 Å². The van der Waals surface area contributed by atoms with Crippen LogP contribution in [0, 0.1) is 12.7 Å². The molecule has 4 aromatic rings. The number of amides is 1. The van der Waals surface area contributed by atoms with E-state index in [9.17, 15) is 17.6 Å². The van der Waals surface area contributed by atoms with Gasteiger partial charge in [0.2, 0.25) is 11.7 Å². The summed E-state index contributed by atoms with van der Waals surface area (Å²) in [4.78, 5) is 13.8. The van der Waals surface area contributed by atoms with Crippen LogP contribution in [0.2, 0.25) is 0 Å². The molecule has 11 heteroatoms. The summed E-state index contributed by atoms with van der Waals surface area (Å²) in [5, 5.41) is 15.0. The van der Waals surface area contributed by atoms with Gasteiger partial charge in [-0.25, -0.2) is 12.8 Å². The van der Waals surface area contributed by atoms with Gasteiger partial charge in [-0.1, -0.05) is 48.5 Å². The lowest BCUT2D eigenvalue weighted by Gasteiger charge is -2.13. The number of hydrogen-bond donors (Lipinski definition) is 2. The molecular formula is C24H23FN6O3S. The Bertz CT molecular complexity index is 1440. The number of nitrogens with one attached hydrogen (secondary N) is 2. The zero-order chi connectivity index (χ0) is 24.8. The summed E-state index contributed by atoms with van der Waals surface area (Å²) >= 11 is 0. The summed E-state index contributed by atoms with van der Waals surface area (Å²) in [5.41, 5.74) is 1.47. The molecule has 0 aliphatic heterocycles. The van der Waals surface area contributed by atoms with Gasteiger partial charge in [-0.15, -0.1) is 10.2 Å². The van der Waals surface area contributed by atoms with Crippen LogP contribution in [0.25, 0.3) is 11.4 Å². The van der Waals surface area contributed by atoms with Crippen LogP contribution in [-0.4, -0.2) is 34.5 Å². The smallest absolute Gasteiger partial charge is 0.262 e. The molecule has 4 rings (SSSR count). The second-order valence-corrected chi connectivity index (χ2v) is 9.44. The second-order valence-electron chi connectivity index (χ2n) is 7.79. The molecule has 1 amide bonds. The summed E-state index contributed by atoms with van der Waals surface area (Å²) in [6, 6.07) is 19.5. The number of rotatable bonds is 9. The Balaban J connectivity index is 1.35. The number of hydrogen-bond acceptors (Lipinski definition) is 6. The maximum absolute atomic E-state index is 13.9. The minimum atomic E-state index is -4.07. The number of carbonyl (C=O) groups excluding carboxylic acids is 1. The second kappa shape index (κ2) is 10.4. The fourth-order valence-corrected chi connectivity index (χ4v) is 4.70. The quantitative estimate of drug-likeness (QED) is 0.363. The number of anilines is 2. The maximum atomic E-state index is 13.9. The summed E-state index contributed by atoms with van der Waals surface area (Å²) in [6.07, 6.45) is 0.633. The van der Waals surface area contributed by atoms with Crippen LogP contribution in [0.4, 0.5) is 15.8 Å². The Morgan fingerprint density at radius 2 is 1.77 bits per heavy atom. The standard InChI is InChI=1S/C24H23FN6O3S/c1-17-13-14-19(16-22(17)35(33,34)29-21-11-6-5-10-20(21)25)26-23(32)12-7-15-31-28-24(27-30-31)18-8-3-2-4-9-18/h2-6,8-11,13-14,16,29H,7,12,15H2,1H3,(H,26,32). The number of nitrogens with zero attached hydrogens (tertiary/aromatic N) is 4. The molecule has 0 unspecified atom stereocenters. The van der Waals surface area contributed by atoms with Crippen LogP contribution >= 0.6 is 0 Å². The summed E-state index contributed by atoms with van der Waals surface area (Å²) < 4.78 is 41.8. The molecule has 0 radical (unpaired) electrons. The van der Waals surface area contributed by atoms with Crippen molar-refractivity contribution in [2.24, 2.45) is 0 Å². The topological polar surface area (TPSA) is 119 Å². The summed E-state index contributed by atoms with van der Waals surface area (Å²) in [6.45, 7) is 2.02. The Hall–Kier alpha value is -4.12. The van der Waals surface area contributed by atoms with Crippen LogP contribution in [-0.2, 0) is 21.4 Å². The van der Waals surface area contributed by atoms with Crippen LogP contribution in [0.1, 0.15) is 18.4 Å². The van der Waals surface area contributed by atoms with Crippen molar-refractivity contribution in [3.8, 4) is 11.4 Å². The highest BCUT2D eigenvalue weighted by Gasteiger charge is 2.19. The normalized spacial score (nSPS) is 11.3. The van der Waals surface area contributed by atoms with Gasteiger partial charge >= 0.3 is 0 Å². The largest absolute Gasteiger partial charge is 0.326 e. The number of halogens is 1. The van der Waals surface area contributed by atoms with Crippen molar-refractivity contribution in [1.29, 1.82) is 0 Å². The van der Waals surface area contributed by atoms with E-state index in [2.05, 4.69) is 25.4 Å². The number of para-hydroxylation sites is 1. The zero-order valence-corrected chi connectivity index (χ0v) is 19.7. The molecule has 1 aromatic heterocycles. The lowest BCUT2D eigenvalue weighted by Crippen LogP contribution is -2.17. The van der Waals surface area contributed by atoms with Crippen molar-refractivity contribution < 1.29 is 17.6 Å². The zero-order valence-electron chi connectivity index (χ0n) is 18.8. The molecule has 35 heavy (non-hydrogen) atoms. The predicted molar refractivity (Wildman–Crippen MR) is 130 cm³/mol. The molecular weight excluding hydrogens is 471 g/mol. The molecule has 0 saturated carbocycles. The first-order chi connectivity index (χ1) is 16.8. The highest BCUT2D eigenvalue weighted by Crippen LogP contribution is 2.24. The monoisotopic (exact) mass is 494 g/mol. The van der Waals surface area contributed by atoms with Gasteiger partial charge in [0, 0.05) is 17.7 Å². The van der Waals surface area contributed by atoms with Gasteiger partial charge < -0.3 is 5.32 Å². The Kier molecular flexibility index (Phi) is 7.16. The van der Waals surface area contributed by atoms with Crippen molar-refractivity contribution >= 4 is 27.3 Å². The Morgan fingerprint density at radius 3 is 2.54 bits per heavy atom. The lowest BCUT2D eigenvalue weighted by molar-refractivity contribution is -0.116. The van der Waals surface area contributed by atoms with Gasteiger partial charge in [-0.3, -0.25) is 9.52 Å². The first-order valence-corrected chi connectivity index (χ1v) is 12.3. The van der Waals surface area contributed by atoms with E-state index in [4.69, 9.17) is 0 Å². The molecule has 0 spiro atoms. The van der Waals surface area contributed by atoms with Gasteiger partial charge in [0.1, 0.15) is 5.82 Å². The van der Waals surface area contributed by atoms with Gasteiger partial charge in [-0.2, -0.15) is 4.80 Å². The number of carbonyl (C=O) groups is 1. The number of tetrazole rings is 1. The van der Waals surface area contributed by atoms with Crippen molar-refractivity contribution in [2.45, 2.75) is 31.2 Å². The highest BCUT2D eigenvalue weighted by molar-refractivity contribution is 7.92. The minimum Gasteiger partial charge on any atom is -0.326 e. The van der Waals surface area contributed by atoms with E-state index in [1.807, 2.05) is 30.3 Å². The number of sulfonamides is 1. The van der Waals surface area contributed by atoms with Crippen LogP contribution < -0.4 is 10.0 Å². The molecule has 1 heterocycles. The van der Waals surface area contributed by atoms with Crippen molar-refractivity contribution in [3.63, 3.8) is 0 Å². The van der Waals surface area contributed by atoms with Crippen LogP contribution in [0.5, 0.6) is 0 Å². The Morgan fingerprint density at radius 1 is 1.03 bits per heavy atom. The van der Waals surface area contributed by atoms with Gasteiger partial charge in [0.05, 0.1) is 17.1 Å². The fourth-order valence-electron chi connectivity index (χ4n) is 3.36. The van der Waals surface area contributed by atoms with E-state index >= 15 is 0 Å². The molecule has 180 valence electrons. The third kappa shape index (κ3) is 6.07. The van der Waals surface area contributed by atoms with E-state index < -0.39 is 15.8 Å². The minimum absolute atomic E-state index is 0.0567. The third-order valence-electron chi connectivity index (χ3n) is 5.13. The molecule has 9 nitrogen and oxygen atoms in total. The number of aryl methyl sites for hydroxylation is 2. The van der Waals surface area contributed by atoms with Crippen LogP contribution in [0.3, 0.4) is 0 Å². The fraction of sp³-hybridized carbons (Fsp3) is 0.167. The van der Waals surface area contributed by atoms with Crippen LogP contribution in [0.15, 0.2) is 77.7 Å². The maximum Gasteiger partial charge on any atom is 0.262 e. The molecule has 0 atom stereocenters. The van der Waals surface area contributed by atoms with E-state index in [0.717, 1.165) is 5.56 Å². The van der Waals surface area contributed by atoms with Crippen molar-refractivity contribution in [2.75, 3.05) is 10.0 Å². The van der Waals surface area contributed by atoms with E-state index in [-0.39, 0.29) is 22.9 Å². The van der Waals surface area contributed by atoms with Crippen molar-refractivity contribution in [1.82, 2.24) is 20.2 Å². The number of aromatic nitrogens is 4. The lowest BCUT2D eigenvalue weighted by atomic mass is 10.2. The molecule has 0 saturated heterocycles. The first-order valence-electron chi connectivity index (χ1n) is 10.8. The highest BCUT2D eigenvalue weighted by atomic mass is 32.2. The summed E-state index contributed by atoms with van der Waals surface area (Å²) in [7, 11) is -4.07. The average molecular weight is 495 g/mol. The van der Waals surface area contributed by atoms with E-state index in [1.165, 1.54) is 35.1 Å². The van der Waals surface area contributed by atoms with Gasteiger partial charge in [-0.05, 0) is 48.4 Å². The van der Waals surface area contributed by atoms with E-state index in [1.54, 1.807) is 19.1 Å². The molecule has 0 aliphatic rings. The molecule has 0 bridgehead atoms. The third-order valence-corrected chi connectivity index (χ3v) is 6.63. The molecule has 2 N–H and O–H groups in total.